The van der Waals surface area contributed by atoms with Gasteiger partial charge >= 0.3 is 15.2 Å². The summed E-state index contributed by atoms with van der Waals surface area (Å²) in [6.45, 7) is -0.697. The maximum Gasteiger partial charge on any atom is 0.337 e. The number of nitrogens with two attached hydrogens (primary N) is 1. The zero-order valence-electron chi connectivity index (χ0n) is 20.9. The molecule has 40 heavy (non-hydrogen) atoms. The summed E-state index contributed by atoms with van der Waals surface area (Å²) >= 11 is 0. The highest BCUT2D eigenvalue weighted by Gasteiger charge is 2.47. The summed E-state index contributed by atoms with van der Waals surface area (Å²) in [5.41, 5.74) is 7.03. The van der Waals surface area contributed by atoms with Crippen molar-refractivity contribution >= 4 is 39.5 Å². The Morgan fingerprint density at radius 3 is 2.40 bits per heavy atom. The van der Waals surface area contributed by atoms with Crippen LogP contribution in [-0.4, -0.2) is 88.0 Å². The van der Waals surface area contributed by atoms with E-state index in [9.17, 15) is 28.6 Å². The number of hydrogen-bond donors (Lipinski definition) is 6. The number of methoxy groups -OCH3 is 1. The number of rotatable bonds is 12. The van der Waals surface area contributed by atoms with Crippen molar-refractivity contribution in [1.29, 1.82) is 0 Å². The standard InChI is InChI=1S/C20H28N5O12P3/c1-34-13-4-2-12(3-5-13)6-35-17-14(7-36-40(32,33)11-38(27,28)10-39(29,30)31)37-20(16(17)26)25-9-24-15-18(21)22-8-23-19(15)25/h2-5,8-9,14,16-17,20,26H,6-7,10-11H2,1H3,(H,27,28)(H,32,33)(H2,21,22,23)(H2,29,30,31)/t14-,16-,17-,20-/m1/s1. The molecule has 0 radical (unpaired) electrons. The second kappa shape index (κ2) is 11.9. The first-order valence-corrected chi connectivity index (χ1v) is 17.1. The molecule has 3 heterocycles. The van der Waals surface area contributed by atoms with E-state index in [-0.39, 0.29) is 23.6 Å². The minimum absolute atomic E-state index is 0.0109. The maximum absolute atomic E-state index is 12.6. The second-order valence-electron chi connectivity index (χ2n) is 8.99. The van der Waals surface area contributed by atoms with Crippen LogP contribution in [0.3, 0.4) is 0 Å². The predicted molar refractivity (Wildman–Crippen MR) is 139 cm³/mol. The van der Waals surface area contributed by atoms with Gasteiger partial charge in [0.15, 0.2) is 17.7 Å². The van der Waals surface area contributed by atoms with E-state index in [1.165, 1.54) is 24.3 Å². The van der Waals surface area contributed by atoms with Crippen LogP contribution >= 0.6 is 22.6 Å². The Morgan fingerprint density at radius 1 is 1.05 bits per heavy atom. The minimum Gasteiger partial charge on any atom is -0.497 e. The van der Waals surface area contributed by atoms with Gasteiger partial charge in [-0.3, -0.25) is 18.3 Å². The molecule has 220 valence electrons. The highest BCUT2D eigenvalue weighted by molar-refractivity contribution is 7.79. The lowest BCUT2D eigenvalue weighted by Gasteiger charge is -2.22. The van der Waals surface area contributed by atoms with Crippen LogP contribution in [0, 0.1) is 0 Å². The van der Waals surface area contributed by atoms with Gasteiger partial charge in [-0.2, -0.15) is 0 Å². The third-order valence-electron chi connectivity index (χ3n) is 5.82. The number of fused-ring (bicyclic) bond motifs is 1. The van der Waals surface area contributed by atoms with Crippen molar-refractivity contribution < 1.29 is 57.1 Å². The number of benzene rings is 1. The third kappa shape index (κ3) is 7.52. The van der Waals surface area contributed by atoms with Crippen molar-refractivity contribution in [3.8, 4) is 5.75 Å². The van der Waals surface area contributed by atoms with E-state index in [0.717, 1.165) is 0 Å². The van der Waals surface area contributed by atoms with Crippen LogP contribution in [0.2, 0.25) is 0 Å². The molecule has 4 rings (SSSR count). The molecular weight excluding hydrogens is 595 g/mol. The summed E-state index contributed by atoms with van der Waals surface area (Å²) in [7, 11) is -13.0. The zero-order chi connectivity index (χ0) is 29.3. The fraction of sp³-hybridized carbons (Fsp3) is 0.450. The molecule has 17 nitrogen and oxygen atoms in total. The summed E-state index contributed by atoms with van der Waals surface area (Å²) in [5, 5.41) is 11.2. The highest BCUT2D eigenvalue weighted by atomic mass is 31.3. The molecule has 1 aromatic carbocycles. The molecular formula is C20H28N5O12P3. The number of aliphatic hydroxyl groups is 1. The first-order chi connectivity index (χ1) is 18.7. The molecule has 7 N–H and O–H groups in total. The fourth-order valence-electron chi connectivity index (χ4n) is 4.10. The number of hydrogen-bond acceptors (Lipinski definition) is 12. The lowest BCUT2D eigenvalue weighted by atomic mass is 10.1. The van der Waals surface area contributed by atoms with E-state index in [1.54, 1.807) is 24.3 Å². The van der Waals surface area contributed by atoms with Crippen molar-refractivity contribution in [2.24, 2.45) is 0 Å². The minimum atomic E-state index is -4.95. The van der Waals surface area contributed by atoms with Gasteiger partial charge in [0, 0.05) is 0 Å². The molecule has 1 aliphatic heterocycles. The van der Waals surface area contributed by atoms with E-state index in [4.69, 9.17) is 34.3 Å². The number of nitrogen functional groups attached to an aromatic ring is 1. The number of nitrogens with zero attached hydrogens (tertiary/aromatic N) is 4. The molecule has 0 amide bonds. The SMILES string of the molecule is COc1ccc(CO[C@H]2[C@@H](O)[C@H](n3cnc4c(N)ncnc43)O[C@@H]2COP(=O)(O)CP(=O)(O)CP(=O)(O)O)cc1. The third-order valence-corrected chi connectivity index (χ3v) is 12.8. The van der Waals surface area contributed by atoms with Gasteiger partial charge in [-0.25, -0.2) is 15.0 Å². The van der Waals surface area contributed by atoms with Crippen LogP contribution < -0.4 is 10.5 Å². The maximum atomic E-state index is 12.6. The molecule has 2 unspecified atom stereocenters. The Balaban J connectivity index is 1.54. The number of anilines is 1. The number of aromatic nitrogens is 4. The van der Waals surface area contributed by atoms with Crippen LogP contribution in [0.15, 0.2) is 36.9 Å². The molecule has 2 aromatic heterocycles. The van der Waals surface area contributed by atoms with E-state index in [2.05, 4.69) is 15.0 Å². The number of ether oxygens (including phenoxy) is 3. The summed E-state index contributed by atoms with van der Waals surface area (Å²) in [6, 6.07) is 6.88. The fourth-order valence-corrected chi connectivity index (χ4v) is 10.5. The molecule has 1 aliphatic rings. The molecule has 0 bridgehead atoms. The largest absolute Gasteiger partial charge is 0.497 e. The Morgan fingerprint density at radius 2 is 1.75 bits per heavy atom. The second-order valence-corrected chi connectivity index (χ2v) is 15.8. The van der Waals surface area contributed by atoms with Crippen molar-refractivity contribution in [2.75, 3.05) is 31.3 Å². The Hall–Kier alpha value is -2.26. The van der Waals surface area contributed by atoms with Gasteiger partial charge in [-0.05, 0) is 17.7 Å². The Kier molecular flexibility index (Phi) is 9.15. The average Bonchev–Trinajstić information content (AvgIpc) is 3.41. The van der Waals surface area contributed by atoms with E-state index in [0.29, 0.717) is 11.3 Å². The van der Waals surface area contributed by atoms with Crippen LogP contribution in [0.5, 0.6) is 5.75 Å². The van der Waals surface area contributed by atoms with Gasteiger partial charge < -0.3 is 49.1 Å². The average molecular weight is 623 g/mol. The molecule has 1 fully saturated rings. The lowest BCUT2D eigenvalue weighted by molar-refractivity contribution is -0.0618. The van der Waals surface area contributed by atoms with Crippen LogP contribution in [0.25, 0.3) is 11.2 Å². The number of imidazole rings is 1. The quantitative estimate of drug-likeness (QED) is 0.153. The molecule has 6 atom stereocenters. The van der Waals surface area contributed by atoms with Gasteiger partial charge in [-0.1, -0.05) is 12.1 Å². The first-order valence-electron chi connectivity index (χ1n) is 11.5. The van der Waals surface area contributed by atoms with Gasteiger partial charge in [0.2, 0.25) is 7.37 Å². The highest BCUT2D eigenvalue weighted by Crippen LogP contribution is 2.63. The smallest absolute Gasteiger partial charge is 0.337 e. The molecule has 0 saturated carbocycles. The topological polar surface area (TPSA) is 259 Å². The van der Waals surface area contributed by atoms with Gasteiger partial charge in [0.05, 0.1) is 26.7 Å². The van der Waals surface area contributed by atoms with Crippen LogP contribution in [0.1, 0.15) is 11.8 Å². The first kappa shape index (κ1) is 30.7. The normalized spacial score (nSPS) is 24.6. The monoisotopic (exact) mass is 623 g/mol. The molecule has 0 spiro atoms. The summed E-state index contributed by atoms with van der Waals surface area (Å²) in [4.78, 5) is 50.1. The van der Waals surface area contributed by atoms with Crippen LogP contribution in [-0.2, 0) is 34.3 Å². The zero-order valence-corrected chi connectivity index (χ0v) is 23.6. The van der Waals surface area contributed by atoms with E-state index >= 15 is 0 Å². The van der Waals surface area contributed by atoms with Gasteiger partial charge in [-0.15, -0.1) is 0 Å². The Labute approximate surface area is 227 Å². The predicted octanol–water partition coefficient (Wildman–Crippen LogP) is 0.826. The molecule has 0 aliphatic carbocycles. The van der Waals surface area contributed by atoms with Crippen molar-refractivity contribution in [3.05, 3.63) is 42.5 Å². The van der Waals surface area contributed by atoms with Crippen LogP contribution in [0.4, 0.5) is 5.82 Å². The molecule has 3 aromatic rings. The van der Waals surface area contributed by atoms with E-state index in [1.807, 2.05) is 0 Å². The van der Waals surface area contributed by atoms with Gasteiger partial charge in [0.1, 0.15) is 47.7 Å². The van der Waals surface area contributed by atoms with Crippen molar-refractivity contribution in [2.45, 2.75) is 31.1 Å². The molecule has 20 heteroatoms. The lowest BCUT2D eigenvalue weighted by Crippen LogP contribution is -2.36. The van der Waals surface area contributed by atoms with E-state index < -0.39 is 65.5 Å². The van der Waals surface area contributed by atoms with Crippen molar-refractivity contribution in [3.63, 3.8) is 0 Å². The Bertz CT molecular complexity index is 1480. The molecule has 1 saturated heterocycles. The summed E-state index contributed by atoms with van der Waals surface area (Å²) in [6.07, 6.45) is -2.35. The summed E-state index contributed by atoms with van der Waals surface area (Å²) in [5.74, 6) is -2.18. The van der Waals surface area contributed by atoms with Gasteiger partial charge in [0.25, 0.3) is 0 Å². The van der Waals surface area contributed by atoms with Crippen molar-refractivity contribution in [1.82, 2.24) is 19.5 Å². The number of aliphatic hydroxyl groups excluding tert-OH is 1. The summed E-state index contributed by atoms with van der Waals surface area (Å²) < 4.78 is 59.2.